The fourth-order valence-corrected chi connectivity index (χ4v) is 4.32. The molecule has 0 aliphatic heterocycles. The molecule has 0 saturated heterocycles. The normalized spacial score (nSPS) is 11.1. The van der Waals surface area contributed by atoms with Crippen LogP contribution < -0.4 is 11.1 Å². The number of primary amides is 1. The SMILES string of the molecule is C=C(NCc1[nH]nc2ccc(Cl)cc12)c1ccnc(Cc2cc(C(N)=O)c3ncc(C)cc3c2)c1. The molecule has 1 amide bonds. The molecule has 3 aromatic heterocycles. The minimum atomic E-state index is -0.500. The highest BCUT2D eigenvalue weighted by Gasteiger charge is 2.12. The Balaban J connectivity index is 1.36. The number of H-pyrrole nitrogens is 1. The van der Waals surface area contributed by atoms with Crippen LogP contribution in [0.25, 0.3) is 27.5 Å². The first-order valence-electron chi connectivity index (χ1n) is 11.1. The smallest absolute Gasteiger partial charge is 0.250 e. The number of carbonyl (C=O) groups is 1. The lowest BCUT2D eigenvalue weighted by molar-refractivity contribution is 0.100. The quantitative estimate of drug-likeness (QED) is 0.305. The summed E-state index contributed by atoms with van der Waals surface area (Å²) >= 11 is 6.14. The van der Waals surface area contributed by atoms with Crippen LogP contribution in [-0.4, -0.2) is 26.1 Å². The predicted molar refractivity (Wildman–Crippen MR) is 139 cm³/mol. The molecule has 0 saturated carbocycles. The maximum Gasteiger partial charge on any atom is 0.250 e. The van der Waals surface area contributed by atoms with E-state index < -0.39 is 5.91 Å². The number of hydrogen-bond donors (Lipinski definition) is 3. The maximum absolute atomic E-state index is 12.1. The summed E-state index contributed by atoms with van der Waals surface area (Å²) in [4.78, 5) is 21.0. The fourth-order valence-electron chi connectivity index (χ4n) is 4.15. The highest BCUT2D eigenvalue weighted by Crippen LogP contribution is 2.23. The van der Waals surface area contributed by atoms with Crippen LogP contribution in [0.1, 0.15) is 38.4 Å². The summed E-state index contributed by atoms with van der Waals surface area (Å²) in [6.07, 6.45) is 4.03. The van der Waals surface area contributed by atoms with E-state index in [1.54, 1.807) is 18.5 Å². The van der Waals surface area contributed by atoms with Crippen LogP contribution in [0, 0.1) is 6.92 Å². The van der Waals surface area contributed by atoms with E-state index in [2.05, 4.69) is 32.1 Å². The Bertz CT molecular complexity index is 1610. The van der Waals surface area contributed by atoms with Gasteiger partial charge in [-0.25, -0.2) is 0 Å². The van der Waals surface area contributed by atoms with Gasteiger partial charge in [0.25, 0.3) is 5.91 Å². The Morgan fingerprint density at radius 1 is 1.14 bits per heavy atom. The number of halogens is 1. The van der Waals surface area contributed by atoms with Crippen molar-refractivity contribution < 1.29 is 4.79 Å². The first kappa shape index (κ1) is 22.6. The summed E-state index contributed by atoms with van der Waals surface area (Å²) in [7, 11) is 0. The number of carbonyl (C=O) groups excluding carboxylic acids is 1. The molecule has 4 N–H and O–H groups in total. The summed E-state index contributed by atoms with van der Waals surface area (Å²) in [5, 5.41) is 13.2. The number of aromatic amines is 1. The van der Waals surface area contributed by atoms with E-state index in [1.807, 2.05) is 49.4 Å². The average molecular weight is 483 g/mol. The lowest BCUT2D eigenvalue weighted by Gasteiger charge is -2.11. The van der Waals surface area contributed by atoms with Crippen molar-refractivity contribution in [1.82, 2.24) is 25.5 Å². The van der Waals surface area contributed by atoms with Crippen LogP contribution >= 0.6 is 11.6 Å². The summed E-state index contributed by atoms with van der Waals surface area (Å²) in [5.41, 5.74) is 12.9. The first-order chi connectivity index (χ1) is 16.9. The van der Waals surface area contributed by atoms with E-state index in [9.17, 15) is 4.79 Å². The zero-order valence-electron chi connectivity index (χ0n) is 19.1. The van der Waals surface area contributed by atoms with Gasteiger partial charge in [-0.05, 0) is 66.6 Å². The van der Waals surface area contributed by atoms with Crippen molar-refractivity contribution in [2.45, 2.75) is 19.9 Å². The van der Waals surface area contributed by atoms with Crippen LogP contribution in [-0.2, 0) is 13.0 Å². The van der Waals surface area contributed by atoms with Crippen molar-refractivity contribution in [3.63, 3.8) is 0 Å². The number of amides is 1. The third-order valence-electron chi connectivity index (χ3n) is 5.87. The standard InChI is InChI=1S/C27H23ClN6O/c1-15-7-19-8-17(10-23(27(29)35)26(19)32-13-15)9-21-11-18(5-6-30-21)16(2)31-14-25-22-12-20(28)3-4-24(22)33-34-25/h3-8,10-13,31H,2,9,14H2,1H3,(H2,29,35)(H,33,34). The van der Waals surface area contributed by atoms with Crippen LogP contribution in [0.3, 0.4) is 0 Å². The molecule has 174 valence electrons. The zero-order chi connectivity index (χ0) is 24.5. The minimum Gasteiger partial charge on any atom is -0.379 e. The third-order valence-corrected chi connectivity index (χ3v) is 6.10. The molecular formula is C27H23ClN6O. The van der Waals surface area contributed by atoms with Crippen molar-refractivity contribution in [3.05, 3.63) is 106 Å². The summed E-state index contributed by atoms with van der Waals surface area (Å²) in [6, 6.07) is 15.3. The van der Waals surface area contributed by atoms with Crippen molar-refractivity contribution in [2.24, 2.45) is 5.73 Å². The molecule has 0 aliphatic carbocycles. The Morgan fingerprint density at radius 3 is 2.83 bits per heavy atom. The van der Waals surface area contributed by atoms with E-state index in [0.29, 0.717) is 29.1 Å². The number of fused-ring (bicyclic) bond motifs is 2. The molecule has 35 heavy (non-hydrogen) atoms. The molecule has 5 rings (SSSR count). The second-order valence-electron chi connectivity index (χ2n) is 8.50. The molecule has 8 heteroatoms. The van der Waals surface area contributed by atoms with E-state index in [-0.39, 0.29) is 0 Å². The predicted octanol–water partition coefficient (Wildman–Crippen LogP) is 4.92. The van der Waals surface area contributed by atoms with Gasteiger partial charge >= 0.3 is 0 Å². The first-order valence-corrected chi connectivity index (χ1v) is 11.4. The van der Waals surface area contributed by atoms with Crippen LogP contribution in [0.4, 0.5) is 0 Å². The third kappa shape index (κ3) is 4.72. The number of nitrogens with one attached hydrogen (secondary N) is 2. The number of rotatable bonds is 7. The monoisotopic (exact) mass is 482 g/mol. The molecule has 0 fully saturated rings. The highest BCUT2D eigenvalue weighted by atomic mass is 35.5. The summed E-state index contributed by atoms with van der Waals surface area (Å²) < 4.78 is 0. The Kier molecular flexibility index (Phi) is 5.93. The Labute approximate surface area is 207 Å². The molecule has 0 bridgehead atoms. The highest BCUT2D eigenvalue weighted by molar-refractivity contribution is 6.31. The Morgan fingerprint density at radius 2 is 2.00 bits per heavy atom. The second kappa shape index (κ2) is 9.19. The molecule has 3 heterocycles. The molecule has 2 aromatic carbocycles. The molecule has 0 atom stereocenters. The topological polar surface area (TPSA) is 110 Å². The van der Waals surface area contributed by atoms with Gasteiger partial charge in [0, 0.05) is 51.6 Å². The van der Waals surface area contributed by atoms with Crippen LogP contribution in [0.2, 0.25) is 5.02 Å². The van der Waals surface area contributed by atoms with Gasteiger partial charge in [-0.3, -0.25) is 19.9 Å². The number of aromatic nitrogens is 4. The van der Waals surface area contributed by atoms with Gasteiger partial charge in [-0.2, -0.15) is 5.10 Å². The molecule has 5 aromatic rings. The lowest BCUT2D eigenvalue weighted by Crippen LogP contribution is -2.13. The van der Waals surface area contributed by atoms with Crippen LogP contribution in [0.5, 0.6) is 0 Å². The number of hydrogen-bond acceptors (Lipinski definition) is 5. The van der Waals surface area contributed by atoms with Crippen molar-refractivity contribution in [1.29, 1.82) is 0 Å². The zero-order valence-corrected chi connectivity index (χ0v) is 19.9. The second-order valence-corrected chi connectivity index (χ2v) is 8.94. The number of nitrogens with two attached hydrogens (primary N) is 1. The van der Waals surface area contributed by atoms with Gasteiger partial charge in [-0.1, -0.05) is 18.2 Å². The molecule has 0 radical (unpaired) electrons. The minimum absolute atomic E-state index is 0.409. The van der Waals surface area contributed by atoms with Gasteiger partial charge < -0.3 is 11.1 Å². The molecule has 0 unspecified atom stereocenters. The number of benzene rings is 2. The largest absolute Gasteiger partial charge is 0.379 e. The van der Waals surface area contributed by atoms with Gasteiger partial charge in [0.15, 0.2) is 0 Å². The molecular weight excluding hydrogens is 460 g/mol. The molecule has 0 aliphatic rings. The van der Waals surface area contributed by atoms with Gasteiger partial charge in [0.05, 0.1) is 28.8 Å². The van der Waals surface area contributed by atoms with E-state index >= 15 is 0 Å². The summed E-state index contributed by atoms with van der Waals surface area (Å²) in [5.74, 6) is -0.500. The van der Waals surface area contributed by atoms with Gasteiger partial charge in [-0.15, -0.1) is 0 Å². The number of aryl methyl sites for hydroxylation is 1. The lowest BCUT2D eigenvalue weighted by atomic mass is 10.00. The van der Waals surface area contributed by atoms with Gasteiger partial charge in [0.2, 0.25) is 0 Å². The van der Waals surface area contributed by atoms with E-state index in [0.717, 1.165) is 50.1 Å². The van der Waals surface area contributed by atoms with Crippen LogP contribution in [0.15, 0.2) is 67.5 Å². The number of nitrogens with zero attached hydrogens (tertiary/aromatic N) is 3. The number of pyridine rings is 2. The van der Waals surface area contributed by atoms with Crippen molar-refractivity contribution in [2.75, 3.05) is 0 Å². The summed E-state index contributed by atoms with van der Waals surface area (Å²) in [6.45, 7) is 6.68. The molecule has 0 spiro atoms. The van der Waals surface area contributed by atoms with Crippen molar-refractivity contribution >= 4 is 45.0 Å². The molecule has 7 nitrogen and oxygen atoms in total. The maximum atomic E-state index is 12.1. The van der Waals surface area contributed by atoms with Gasteiger partial charge in [0.1, 0.15) is 0 Å². The average Bonchev–Trinajstić information content (AvgIpc) is 3.23. The van der Waals surface area contributed by atoms with E-state index in [1.165, 1.54) is 0 Å². The Hall–Kier alpha value is -4.23. The fraction of sp³-hybridized carbons (Fsp3) is 0.111. The van der Waals surface area contributed by atoms with Crippen molar-refractivity contribution in [3.8, 4) is 0 Å². The van der Waals surface area contributed by atoms with E-state index in [4.69, 9.17) is 17.3 Å².